The maximum absolute atomic E-state index is 13.5. The van der Waals surface area contributed by atoms with Crippen molar-refractivity contribution in [2.75, 3.05) is 12.4 Å². The third kappa shape index (κ3) is 5.30. The van der Waals surface area contributed by atoms with Crippen LogP contribution in [0.25, 0.3) is 22.1 Å². The van der Waals surface area contributed by atoms with E-state index in [4.69, 9.17) is 20.8 Å². The van der Waals surface area contributed by atoms with Crippen molar-refractivity contribution in [3.8, 4) is 16.9 Å². The lowest BCUT2D eigenvalue weighted by Gasteiger charge is -2.15. The van der Waals surface area contributed by atoms with Crippen LogP contribution < -0.4 is 15.7 Å². The maximum Gasteiger partial charge on any atom is 0.356 e. The molecule has 0 saturated carbocycles. The third-order valence-corrected chi connectivity index (χ3v) is 5.35. The van der Waals surface area contributed by atoms with E-state index in [-0.39, 0.29) is 22.0 Å². The van der Waals surface area contributed by atoms with Crippen LogP contribution in [0, 0.1) is 5.82 Å². The molecule has 0 radical (unpaired) electrons. The van der Waals surface area contributed by atoms with Crippen molar-refractivity contribution < 1.29 is 27.9 Å². The number of nitrogens with one attached hydrogen (secondary N) is 1. The molecule has 0 saturated heterocycles. The Morgan fingerprint density at radius 3 is 2.63 bits per heavy atom. The number of aromatic nitrogens is 1. The Bertz CT molecular complexity index is 1500. The molecule has 178 valence electrons. The Kier molecular flexibility index (Phi) is 6.79. The zero-order chi connectivity index (χ0) is 25.1. The Hall–Kier alpha value is -4.24. The van der Waals surface area contributed by atoms with E-state index < -0.39 is 29.4 Å². The molecule has 0 fully saturated rings. The van der Waals surface area contributed by atoms with Gasteiger partial charge in [0.25, 0.3) is 5.91 Å². The highest BCUT2D eigenvalue weighted by Gasteiger charge is 2.18. The van der Waals surface area contributed by atoms with Gasteiger partial charge in [-0.3, -0.25) is 4.79 Å². The molecule has 0 spiro atoms. The molecule has 1 atom stereocenters. The number of carbonyl (C=O) groups is 2. The van der Waals surface area contributed by atoms with Gasteiger partial charge in [-0.25, -0.2) is 19.0 Å². The largest absolute Gasteiger partial charge is 0.481 e. The van der Waals surface area contributed by atoms with Gasteiger partial charge in [-0.2, -0.15) is 0 Å². The van der Waals surface area contributed by atoms with Crippen LogP contribution in [0.3, 0.4) is 0 Å². The molecule has 1 N–H and O–H groups in total. The van der Waals surface area contributed by atoms with Crippen molar-refractivity contribution in [2.24, 2.45) is 0 Å². The minimum Gasteiger partial charge on any atom is -0.481 e. The summed E-state index contributed by atoms with van der Waals surface area (Å²) in [7, 11) is 1.23. The minimum atomic E-state index is -0.941. The normalized spacial score (nSPS) is 11.7. The molecule has 1 unspecified atom stereocenters. The number of nitrogens with zero attached hydrogens (tertiary/aromatic N) is 1. The molecule has 0 aliphatic heterocycles. The van der Waals surface area contributed by atoms with Crippen LogP contribution in [-0.4, -0.2) is 30.1 Å². The molecule has 2 aromatic heterocycles. The number of rotatable bonds is 6. The predicted molar refractivity (Wildman–Crippen MR) is 127 cm³/mol. The number of anilines is 1. The van der Waals surface area contributed by atoms with E-state index in [9.17, 15) is 18.8 Å². The Morgan fingerprint density at radius 1 is 1.09 bits per heavy atom. The van der Waals surface area contributed by atoms with Crippen LogP contribution in [0.5, 0.6) is 5.75 Å². The maximum atomic E-state index is 13.5. The van der Waals surface area contributed by atoms with Crippen molar-refractivity contribution in [1.29, 1.82) is 0 Å². The summed E-state index contributed by atoms with van der Waals surface area (Å²) in [6, 6.07) is 12.8. The minimum absolute atomic E-state index is 0.0421. The van der Waals surface area contributed by atoms with Crippen molar-refractivity contribution in [3.63, 3.8) is 0 Å². The third-order valence-electron chi connectivity index (χ3n) is 5.04. The van der Waals surface area contributed by atoms with E-state index in [1.54, 1.807) is 12.1 Å². The van der Waals surface area contributed by atoms with Gasteiger partial charge < -0.3 is 19.2 Å². The first kappa shape index (κ1) is 23.9. The number of hydrogen-bond acceptors (Lipinski definition) is 7. The summed E-state index contributed by atoms with van der Waals surface area (Å²) in [5.74, 6) is -1.34. The second-order valence-electron chi connectivity index (χ2n) is 7.43. The van der Waals surface area contributed by atoms with Gasteiger partial charge in [0.1, 0.15) is 22.8 Å². The molecule has 0 bridgehead atoms. The number of amides is 1. The van der Waals surface area contributed by atoms with Crippen molar-refractivity contribution in [2.45, 2.75) is 13.0 Å². The second-order valence-corrected chi connectivity index (χ2v) is 7.84. The van der Waals surface area contributed by atoms with Crippen molar-refractivity contribution >= 4 is 40.1 Å². The molecule has 2 heterocycles. The Balaban J connectivity index is 1.56. The number of hydrogen-bond donors (Lipinski definition) is 1. The summed E-state index contributed by atoms with van der Waals surface area (Å²) in [5, 5.41) is 3.34. The number of fused-ring (bicyclic) bond motifs is 1. The lowest BCUT2D eigenvalue weighted by atomic mass is 10.0. The zero-order valence-electron chi connectivity index (χ0n) is 18.5. The number of pyridine rings is 1. The van der Waals surface area contributed by atoms with Gasteiger partial charge in [-0.05, 0) is 49.4 Å². The first-order chi connectivity index (χ1) is 16.7. The molecule has 2 aromatic carbocycles. The highest BCUT2D eigenvalue weighted by Crippen LogP contribution is 2.34. The molecular formula is C25H18ClFN2O6. The lowest BCUT2D eigenvalue weighted by molar-refractivity contribution is -0.122. The van der Waals surface area contributed by atoms with Crippen LogP contribution in [0.15, 0.2) is 70.0 Å². The van der Waals surface area contributed by atoms with Crippen LogP contribution >= 0.6 is 11.6 Å². The topological polar surface area (TPSA) is 108 Å². The molecule has 1 amide bonds. The van der Waals surface area contributed by atoms with Gasteiger partial charge in [0.15, 0.2) is 6.10 Å². The first-order valence-electron chi connectivity index (χ1n) is 10.3. The van der Waals surface area contributed by atoms with E-state index in [0.717, 1.165) is 6.07 Å². The zero-order valence-corrected chi connectivity index (χ0v) is 19.3. The highest BCUT2D eigenvalue weighted by molar-refractivity contribution is 6.33. The monoisotopic (exact) mass is 496 g/mol. The summed E-state index contributed by atoms with van der Waals surface area (Å²) in [6.45, 7) is 1.53. The summed E-state index contributed by atoms with van der Waals surface area (Å²) in [6.07, 6.45) is 0.424. The molecule has 4 aromatic rings. The average Bonchev–Trinajstić information content (AvgIpc) is 2.83. The molecule has 35 heavy (non-hydrogen) atoms. The van der Waals surface area contributed by atoms with Crippen LogP contribution in [0.2, 0.25) is 5.02 Å². The van der Waals surface area contributed by atoms with Gasteiger partial charge in [-0.1, -0.05) is 11.6 Å². The molecular weight excluding hydrogens is 479 g/mol. The van der Waals surface area contributed by atoms with Gasteiger partial charge in [0.05, 0.1) is 12.1 Å². The summed E-state index contributed by atoms with van der Waals surface area (Å²) >= 11 is 6.18. The standard InChI is InChI=1S/C25H18ClFN2O6/c1-13(24(31)29-15-7-8-28-21(10-15)25(32)33-2)34-16-4-6-18-19(12-23(30)35-22(18)11-16)17-5-3-14(27)9-20(17)26/h3-13H,1-2H3,(H,28,29,31). The fraction of sp³-hybridized carbons (Fsp3) is 0.120. The fourth-order valence-corrected chi connectivity index (χ4v) is 3.64. The smallest absolute Gasteiger partial charge is 0.356 e. The number of carbonyl (C=O) groups excluding carboxylic acids is 2. The molecule has 0 aliphatic carbocycles. The van der Waals surface area contributed by atoms with E-state index in [1.165, 1.54) is 56.6 Å². The summed E-state index contributed by atoms with van der Waals surface area (Å²) < 4.78 is 29.1. The Morgan fingerprint density at radius 2 is 1.89 bits per heavy atom. The number of halogens is 2. The molecule has 8 nitrogen and oxygen atoms in total. The summed E-state index contributed by atoms with van der Waals surface area (Å²) in [5.41, 5.74) is 0.894. The molecule has 10 heteroatoms. The second kappa shape index (κ2) is 9.94. The number of esters is 1. The van der Waals surface area contributed by atoms with E-state index in [2.05, 4.69) is 15.0 Å². The van der Waals surface area contributed by atoms with Gasteiger partial charge >= 0.3 is 11.6 Å². The fourth-order valence-electron chi connectivity index (χ4n) is 3.37. The number of methoxy groups -OCH3 is 1. The van der Waals surface area contributed by atoms with Gasteiger partial charge in [0.2, 0.25) is 0 Å². The molecule has 0 aliphatic rings. The predicted octanol–water partition coefficient (Wildman–Crippen LogP) is 4.84. The van der Waals surface area contributed by atoms with E-state index in [0.29, 0.717) is 22.2 Å². The van der Waals surface area contributed by atoms with Gasteiger partial charge in [-0.15, -0.1) is 0 Å². The van der Waals surface area contributed by atoms with Crippen LogP contribution in [0.1, 0.15) is 17.4 Å². The van der Waals surface area contributed by atoms with Crippen LogP contribution in [-0.2, 0) is 9.53 Å². The number of benzene rings is 2. The van der Waals surface area contributed by atoms with Gasteiger partial charge in [0, 0.05) is 40.5 Å². The molecule has 4 rings (SSSR count). The lowest BCUT2D eigenvalue weighted by Crippen LogP contribution is -2.30. The Labute approximate surface area is 203 Å². The quantitative estimate of drug-likeness (QED) is 0.300. The van der Waals surface area contributed by atoms with Crippen molar-refractivity contribution in [1.82, 2.24) is 4.98 Å². The van der Waals surface area contributed by atoms with Crippen LogP contribution in [0.4, 0.5) is 10.1 Å². The van der Waals surface area contributed by atoms with E-state index >= 15 is 0 Å². The average molecular weight is 497 g/mol. The summed E-state index contributed by atoms with van der Waals surface area (Å²) in [4.78, 5) is 40.3. The van der Waals surface area contributed by atoms with Crippen molar-refractivity contribution in [3.05, 3.63) is 87.7 Å². The van der Waals surface area contributed by atoms with E-state index in [1.807, 2.05) is 0 Å². The number of ether oxygens (including phenoxy) is 2. The first-order valence-corrected chi connectivity index (χ1v) is 10.7. The SMILES string of the molecule is COC(=O)c1cc(NC(=O)C(C)Oc2ccc3c(-c4ccc(F)cc4Cl)cc(=O)oc3c2)ccn1. The highest BCUT2D eigenvalue weighted by atomic mass is 35.5.